The highest BCUT2D eigenvalue weighted by molar-refractivity contribution is 6.30. The number of aliphatic hydroxyl groups excluding tert-OH is 1. The number of aromatic nitrogens is 2. The molecule has 2 saturated heterocycles. The van der Waals surface area contributed by atoms with Crippen LogP contribution in [0.2, 0.25) is 5.15 Å². The van der Waals surface area contributed by atoms with E-state index in [4.69, 9.17) is 26.1 Å². The summed E-state index contributed by atoms with van der Waals surface area (Å²) in [7, 11) is 0. The molecule has 8 nitrogen and oxygen atoms in total. The molecule has 2 fully saturated rings. The Morgan fingerprint density at radius 1 is 1.29 bits per heavy atom. The fourth-order valence-electron chi connectivity index (χ4n) is 5.89. The van der Waals surface area contributed by atoms with Crippen LogP contribution in [-0.2, 0) is 11.2 Å². The zero-order valence-electron chi connectivity index (χ0n) is 20.8. The number of aliphatic hydroxyl groups is 1. The van der Waals surface area contributed by atoms with E-state index < -0.39 is 11.4 Å². The third-order valence-corrected chi connectivity index (χ3v) is 7.52. The number of amides is 1. The van der Waals surface area contributed by atoms with Crippen LogP contribution in [0.3, 0.4) is 0 Å². The summed E-state index contributed by atoms with van der Waals surface area (Å²) in [6, 6.07) is -0.419. The van der Waals surface area contributed by atoms with Gasteiger partial charge in [0, 0.05) is 24.2 Å². The predicted octanol–water partition coefficient (Wildman–Crippen LogP) is 4.39. The predicted molar refractivity (Wildman–Crippen MR) is 131 cm³/mol. The number of nitrogens with zero attached hydrogens (tertiary/aromatic N) is 4. The van der Waals surface area contributed by atoms with Crippen LogP contribution in [0.1, 0.15) is 58.2 Å². The Morgan fingerprint density at radius 2 is 2.03 bits per heavy atom. The molecule has 4 atom stereocenters. The minimum Gasteiger partial charge on any atom is -0.472 e. The van der Waals surface area contributed by atoms with Gasteiger partial charge < -0.3 is 19.5 Å². The Bertz CT molecular complexity index is 1190. The smallest absolute Gasteiger partial charge is 0.410 e. The first-order valence-electron chi connectivity index (χ1n) is 12.3. The van der Waals surface area contributed by atoms with Gasteiger partial charge in [-0.2, -0.15) is 4.98 Å². The lowest BCUT2D eigenvalue weighted by atomic mass is 9.97. The second-order valence-electron chi connectivity index (χ2n) is 10.8. The van der Waals surface area contributed by atoms with Crippen LogP contribution < -0.4 is 9.64 Å². The Morgan fingerprint density at radius 3 is 2.71 bits per heavy atom. The first-order valence-corrected chi connectivity index (χ1v) is 12.6. The van der Waals surface area contributed by atoms with Gasteiger partial charge in [-0.15, -0.1) is 0 Å². The largest absolute Gasteiger partial charge is 0.472 e. The summed E-state index contributed by atoms with van der Waals surface area (Å²) in [5, 5.41) is 10.0. The molecular formula is C25H32ClFN4O4. The Kier molecular flexibility index (Phi) is 5.99. The second kappa shape index (κ2) is 8.62. The van der Waals surface area contributed by atoms with Gasteiger partial charge in [0.25, 0.3) is 0 Å². The Labute approximate surface area is 209 Å². The van der Waals surface area contributed by atoms with E-state index in [1.165, 1.54) is 0 Å². The zero-order valence-corrected chi connectivity index (χ0v) is 21.5. The van der Waals surface area contributed by atoms with Gasteiger partial charge in [-0.3, -0.25) is 4.90 Å². The van der Waals surface area contributed by atoms with Gasteiger partial charge in [0.2, 0.25) is 5.88 Å². The number of hydrogen-bond acceptors (Lipinski definition) is 7. The molecule has 0 unspecified atom stereocenters. The lowest BCUT2D eigenvalue weighted by Crippen LogP contribution is -2.65. The first-order chi connectivity index (χ1) is 16.5. The van der Waals surface area contributed by atoms with E-state index in [-0.39, 0.29) is 48.0 Å². The molecule has 1 amide bonds. The maximum atomic E-state index is 15.4. The van der Waals surface area contributed by atoms with E-state index in [9.17, 15) is 9.90 Å². The Hall–Kier alpha value is -2.39. The number of aryl methyl sites for hydroxylation is 2. The summed E-state index contributed by atoms with van der Waals surface area (Å²) in [5.41, 5.74) is 0.786. The van der Waals surface area contributed by atoms with Crippen LogP contribution in [0.4, 0.5) is 15.0 Å². The van der Waals surface area contributed by atoms with Crippen LogP contribution >= 0.6 is 11.6 Å². The molecule has 2 aromatic rings. The fourth-order valence-corrected chi connectivity index (χ4v) is 6.06. The van der Waals surface area contributed by atoms with Gasteiger partial charge in [-0.25, -0.2) is 14.2 Å². The van der Waals surface area contributed by atoms with E-state index in [0.717, 1.165) is 12.8 Å². The molecule has 3 aliphatic rings. The average Bonchev–Trinajstić information content (AvgIpc) is 3.02. The van der Waals surface area contributed by atoms with Crippen LogP contribution in [0.25, 0.3) is 10.8 Å². The average molecular weight is 507 g/mol. The van der Waals surface area contributed by atoms with Crippen molar-refractivity contribution < 1.29 is 23.8 Å². The van der Waals surface area contributed by atoms with Crippen molar-refractivity contribution in [3.05, 3.63) is 22.2 Å². The van der Waals surface area contributed by atoms with Gasteiger partial charge in [-0.1, -0.05) is 11.6 Å². The van der Waals surface area contributed by atoms with Gasteiger partial charge in [0.15, 0.2) is 11.0 Å². The highest BCUT2D eigenvalue weighted by Crippen LogP contribution is 2.47. The summed E-state index contributed by atoms with van der Waals surface area (Å²) in [4.78, 5) is 26.5. The third-order valence-electron chi connectivity index (χ3n) is 7.27. The van der Waals surface area contributed by atoms with Crippen molar-refractivity contribution in [1.29, 1.82) is 0 Å². The van der Waals surface area contributed by atoms with Crippen molar-refractivity contribution >= 4 is 34.3 Å². The van der Waals surface area contributed by atoms with E-state index >= 15 is 4.39 Å². The van der Waals surface area contributed by atoms with Crippen LogP contribution in [0, 0.1) is 12.7 Å². The van der Waals surface area contributed by atoms with Crippen molar-refractivity contribution in [3.8, 4) is 5.88 Å². The summed E-state index contributed by atoms with van der Waals surface area (Å²) in [5.74, 6) is 0.265. The van der Waals surface area contributed by atoms with E-state index in [2.05, 4.69) is 9.88 Å². The highest BCUT2D eigenvalue weighted by Gasteiger charge is 2.53. The molecule has 0 aliphatic carbocycles. The van der Waals surface area contributed by atoms with Crippen molar-refractivity contribution in [3.63, 3.8) is 0 Å². The second-order valence-corrected chi connectivity index (χ2v) is 11.1. The Balaban J connectivity index is 1.66. The number of piperazine rings is 1. The molecule has 3 aliphatic heterocycles. The van der Waals surface area contributed by atoms with Crippen molar-refractivity contribution in [2.24, 2.45) is 0 Å². The number of halogens is 2. The molecule has 1 N–H and O–H groups in total. The number of hydrogen-bond donors (Lipinski definition) is 1. The van der Waals surface area contributed by atoms with Crippen LogP contribution in [0.5, 0.6) is 5.88 Å². The van der Waals surface area contributed by atoms with Gasteiger partial charge in [0.1, 0.15) is 17.5 Å². The SMILES string of the molecule is Cc1c(CCCO)nc2c3c(nc(Cl)c(F)c13)O[C@@H](C)[C@@H]1[C@@H]3CC[C@H](CN21)N3C(=O)OC(C)(C)C. The van der Waals surface area contributed by atoms with E-state index in [1.54, 1.807) is 0 Å². The molecule has 0 radical (unpaired) electrons. The lowest BCUT2D eigenvalue weighted by Gasteiger charge is -2.48. The number of rotatable bonds is 3. The maximum Gasteiger partial charge on any atom is 0.410 e. The molecule has 0 spiro atoms. The molecule has 0 aromatic carbocycles. The number of fused-ring (bicyclic) bond motifs is 5. The molecular weight excluding hydrogens is 475 g/mol. The molecule has 10 heteroatoms. The summed E-state index contributed by atoms with van der Waals surface area (Å²) >= 11 is 6.21. The fraction of sp³-hybridized carbons (Fsp3) is 0.640. The van der Waals surface area contributed by atoms with Crippen LogP contribution in [0.15, 0.2) is 0 Å². The normalized spacial score (nSPS) is 25.4. The zero-order chi connectivity index (χ0) is 25.2. The number of anilines is 1. The quantitative estimate of drug-likeness (QED) is 0.617. The minimum atomic E-state index is -0.597. The van der Waals surface area contributed by atoms with Gasteiger partial charge >= 0.3 is 6.09 Å². The summed E-state index contributed by atoms with van der Waals surface area (Å²) in [6.07, 6.45) is 1.99. The molecule has 0 saturated carbocycles. The highest BCUT2D eigenvalue weighted by atomic mass is 35.5. The molecule has 5 rings (SSSR count). The summed E-state index contributed by atoms with van der Waals surface area (Å²) in [6.45, 7) is 9.90. The monoisotopic (exact) mass is 506 g/mol. The van der Waals surface area contributed by atoms with Crippen LogP contribution in [-0.4, -0.2) is 69.0 Å². The molecule has 5 heterocycles. The number of carbonyl (C=O) groups excluding carboxylic acids is 1. The lowest BCUT2D eigenvalue weighted by molar-refractivity contribution is 0.000955. The van der Waals surface area contributed by atoms with Gasteiger partial charge in [0.05, 0.1) is 23.5 Å². The summed E-state index contributed by atoms with van der Waals surface area (Å²) < 4.78 is 27.5. The van der Waals surface area contributed by atoms with Gasteiger partial charge in [-0.05, 0) is 65.9 Å². The topological polar surface area (TPSA) is 88.0 Å². The third kappa shape index (κ3) is 3.96. The molecule has 35 heavy (non-hydrogen) atoms. The number of pyridine rings is 2. The number of ether oxygens (including phenoxy) is 2. The van der Waals surface area contributed by atoms with E-state index in [0.29, 0.717) is 47.2 Å². The standard InChI is InChI=1S/C25H32ClFN4O4/c1-12-15(7-6-10-32)28-22-18-17(12)19(27)21(26)29-23(18)34-13(2)20-16-9-8-14(11-30(20)22)31(16)24(33)35-25(3,4)5/h13-14,16,20,32H,6-11H2,1-5H3/t13-,14+,16-,20+/m0/s1. The molecule has 2 bridgehead atoms. The van der Waals surface area contributed by atoms with Crippen molar-refractivity contribution in [2.45, 2.75) is 90.1 Å². The molecule has 190 valence electrons. The maximum absolute atomic E-state index is 15.4. The minimum absolute atomic E-state index is 0.0147. The van der Waals surface area contributed by atoms with E-state index in [1.807, 2.05) is 39.5 Å². The first kappa shape index (κ1) is 24.3. The number of carbonyl (C=O) groups is 1. The van der Waals surface area contributed by atoms with Crippen molar-refractivity contribution in [2.75, 3.05) is 18.1 Å². The van der Waals surface area contributed by atoms with Crippen molar-refractivity contribution in [1.82, 2.24) is 14.9 Å². The molecule has 2 aromatic heterocycles.